The predicted molar refractivity (Wildman–Crippen MR) is 118 cm³/mol. The van der Waals surface area contributed by atoms with E-state index in [0.29, 0.717) is 25.4 Å². The molecule has 164 valence electrons. The minimum absolute atomic E-state index is 0.0268. The second-order valence-electron chi connectivity index (χ2n) is 8.25. The van der Waals surface area contributed by atoms with Gasteiger partial charge in [0, 0.05) is 31.7 Å². The molecule has 2 aromatic rings. The Labute approximate surface area is 182 Å². The van der Waals surface area contributed by atoms with Crippen LogP contribution in [0.25, 0.3) is 0 Å². The third-order valence-electron chi connectivity index (χ3n) is 5.82. The van der Waals surface area contributed by atoms with Gasteiger partial charge in [0.2, 0.25) is 12.7 Å². The Morgan fingerprint density at radius 3 is 2.74 bits per heavy atom. The van der Waals surface area contributed by atoms with Crippen LogP contribution in [0, 0.1) is 12.8 Å². The minimum atomic E-state index is -0.0687. The lowest BCUT2D eigenvalue weighted by molar-refractivity contribution is -0.121. The molecule has 1 atom stereocenters. The number of rotatable bonds is 6. The van der Waals surface area contributed by atoms with Gasteiger partial charge in [0.25, 0.3) is 0 Å². The van der Waals surface area contributed by atoms with Gasteiger partial charge >= 0.3 is 6.03 Å². The van der Waals surface area contributed by atoms with Crippen LogP contribution in [0.2, 0.25) is 0 Å². The molecule has 4 rings (SSSR count). The number of urea groups is 1. The number of nitrogens with one attached hydrogen (secondary N) is 2. The fourth-order valence-corrected chi connectivity index (χ4v) is 4.00. The van der Waals surface area contributed by atoms with Gasteiger partial charge in [-0.05, 0) is 61.9 Å². The number of hydrogen-bond donors (Lipinski definition) is 2. The third-order valence-corrected chi connectivity index (χ3v) is 5.82. The minimum Gasteiger partial charge on any atom is -0.454 e. The fourth-order valence-electron chi connectivity index (χ4n) is 4.00. The van der Waals surface area contributed by atoms with E-state index in [0.717, 1.165) is 54.1 Å². The van der Waals surface area contributed by atoms with Crippen molar-refractivity contribution in [2.45, 2.75) is 39.2 Å². The maximum Gasteiger partial charge on any atom is 0.321 e. The molecule has 2 aliphatic heterocycles. The van der Waals surface area contributed by atoms with Gasteiger partial charge in [-0.3, -0.25) is 4.79 Å². The smallest absolute Gasteiger partial charge is 0.321 e. The fraction of sp³-hybridized carbons (Fsp3) is 0.417. The molecule has 2 aliphatic rings. The molecule has 31 heavy (non-hydrogen) atoms. The summed E-state index contributed by atoms with van der Waals surface area (Å²) < 4.78 is 10.7. The van der Waals surface area contributed by atoms with E-state index >= 15 is 0 Å². The molecule has 2 heterocycles. The van der Waals surface area contributed by atoms with Crippen molar-refractivity contribution >= 4 is 17.6 Å². The molecule has 0 aliphatic carbocycles. The highest BCUT2D eigenvalue weighted by atomic mass is 16.7. The average Bonchev–Trinajstić information content (AvgIpc) is 3.26. The van der Waals surface area contributed by atoms with E-state index in [9.17, 15) is 9.59 Å². The number of nitrogens with zero attached hydrogens (tertiary/aromatic N) is 1. The number of amides is 3. The van der Waals surface area contributed by atoms with Crippen molar-refractivity contribution in [3.05, 3.63) is 53.6 Å². The number of piperidine rings is 1. The van der Waals surface area contributed by atoms with Crippen LogP contribution in [0.15, 0.2) is 42.5 Å². The zero-order chi connectivity index (χ0) is 21.6. The van der Waals surface area contributed by atoms with Gasteiger partial charge in [-0.1, -0.05) is 23.8 Å². The van der Waals surface area contributed by atoms with Crippen LogP contribution in [0.3, 0.4) is 0 Å². The maximum absolute atomic E-state index is 12.6. The second kappa shape index (κ2) is 9.73. The van der Waals surface area contributed by atoms with E-state index in [-0.39, 0.29) is 18.7 Å². The number of carbonyl (C=O) groups excluding carboxylic acids is 2. The van der Waals surface area contributed by atoms with Gasteiger partial charge in [-0.15, -0.1) is 0 Å². The van der Waals surface area contributed by atoms with E-state index in [4.69, 9.17) is 9.47 Å². The standard InChI is InChI=1S/C24H29N3O4/c1-17-4-8-20(9-5-17)26-24(29)27-12-2-3-18(15-27)7-11-23(28)25-14-19-6-10-21-22(13-19)31-16-30-21/h4-6,8-10,13,18H,2-3,7,11-12,14-16H2,1H3,(H,25,28)(H,26,29). The summed E-state index contributed by atoms with van der Waals surface area (Å²) in [6.45, 7) is 4.17. The number of fused-ring (bicyclic) bond motifs is 1. The summed E-state index contributed by atoms with van der Waals surface area (Å²) in [5.74, 6) is 1.83. The summed E-state index contributed by atoms with van der Waals surface area (Å²) in [7, 11) is 0. The first-order valence-corrected chi connectivity index (χ1v) is 10.8. The zero-order valence-corrected chi connectivity index (χ0v) is 17.9. The molecule has 0 bridgehead atoms. The highest BCUT2D eigenvalue weighted by molar-refractivity contribution is 5.89. The van der Waals surface area contributed by atoms with Gasteiger partial charge in [-0.2, -0.15) is 0 Å². The van der Waals surface area contributed by atoms with Crippen LogP contribution >= 0.6 is 0 Å². The number of benzene rings is 2. The van der Waals surface area contributed by atoms with Crippen LogP contribution in [0.4, 0.5) is 10.5 Å². The molecule has 2 N–H and O–H groups in total. The Morgan fingerprint density at radius 1 is 1.10 bits per heavy atom. The summed E-state index contributed by atoms with van der Waals surface area (Å²) >= 11 is 0. The summed E-state index contributed by atoms with van der Waals surface area (Å²) in [5, 5.41) is 5.94. The van der Waals surface area contributed by atoms with Crippen molar-refractivity contribution in [3.8, 4) is 11.5 Å². The average molecular weight is 424 g/mol. The van der Waals surface area contributed by atoms with Crippen LogP contribution < -0.4 is 20.1 Å². The Bertz CT molecular complexity index is 929. The Balaban J connectivity index is 1.19. The van der Waals surface area contributed by atoms with Crippen LogP contribution in [-0.4, -0.2) is 36.7 Å². The Morgan fingerprint density at radius 2 is 1.90 bits per heavy atom. The lowest BCUT2D eigenvalue weighted by atomic mass is 9.93. The van der Waals surface area contributed by atoms with Crippen LogP contribution in [0.5, 0.6) is 11.5 Å². The summed E-state index contributed by atoms with van der Waals surface area (Å²) in [6.07, 6.45) is 3.25. The van der Waals surface area contributed by atoms with Gasteiger partial charge in [-0.25, -0.2) is 4.79 Å². The first kappa shape index (κ1) is 21.0. The molecular weight excluding hydrogens is 394 g/mol. The lowest BCUT2D eigenvalue weighted by Crippen LogP contribution is -2.42. The molecule has 7 nitrogen and oxygen atoms in total. The third kappa shape index (κ3) is 5.69. The SMILES string of the molecule is Cc1ccc(NC(=O)N2CCCC(CCC(=O)NCc3ccc4c(c3)OCO4)C2)cc1. The normalized spacial score (nSPS) is 17.3. The van der Waals surface area contributed by atoms with Crippen molar-refractivity contribution in [1.82, 2.24) is 10.2 Å². The molecule has 0 spiro atoms. The molecule has 2 aromatic carbocycles. The van der Waals surface area contributed by atoms with Gasteiger partial charge in [0.05, 0.1) is 0 Å². The van der Waals surface area contributed by atoms with Crippen molar-refractivity contribution in [3.63, 3.8) is 0 Å². The summed E-state index contributed by atoms with van der Waals surface area (Å²) in [6, 6.07) is 13.4. The molecule has 0 saturated carbocycles. The number of anilines is 1. The van der Waals surface area contributed by atoms with E-state index in [1.807, 2.05) is 54.3 Å². The quantitative estimate of drug-likeness (QED) is 0.734. The van der Waals surface area contributed by atoms with E-state index < -0.39 is 0 Å². The lowest BCUT2D eigenvalue weighted by Gasteiger charge is -2.32. The molecule has 1 saturated heterocycles. The van der Waals surface area contributed by atoms with Gasteiger partial charge < -0.3 is 25.0 Å². The molecular formula is C24H29N3O4. The maximum atomic E-state index is 12.6. The van der Waals surface area contributed by atoms with Gasteiger partial charge in [0.1, 0.15) is 0 Å². The zero-order valence-electron chi connectivity index (χ0n) is 17.9. The topological polar surface area (TPSA) is 79.9 Å². The second-order valence-corrected chi connectivity index (χ2v) is 8.25. The highest BCUT2D eigenvalue weighted by Gasteiger charge is 2.24. The molecule has 0 aromatic heterocycles. The number of ether oxygens (including phenoxy) is 2. The van der Waals surface area contributed by atoms with E-state index in [2.05, 4.69) is 10.6 Å². The number of likely N-dealkylation sites (tertiary alicyclic amines) is 1. The van der Waals surface area contributed by atoms with E-state index in [1.165, 1.54) is 0 Å². The van der Waals surface area contributed by atoms with Crippen molar-refractivity contribution in [2.24, 2.45) is 5.92 Å². The summed E-state index contributed by atoms with van der Waals surface area (Å²) in [5.41, 5.74) is 2.95. The van der Waals surface area contributed by atoms with Crippen LogP contribution in [-0.2, 0) is 11.3 Å². The highest BCUT2D eigenvalue weighted by Crippen LogP contribution is 2.32. The van der Waals surface area contributed by atoms with Crippen molar-refractivity contribution in [1.29, 1.82) is 0 Å². The largest absolute Gasteiger partial charge is 0.454 e. The molecule has 7 heteroatoms. The summed E-state index contributed by atoms with van der Waals surface area (Å²) in [4.78, 5) is 26.8. The number of carbonyl (C=O) groups is 2. The molecule has 3 amide bonds. The molecule has 1 unspecified atom stereocenters. The first-order valence-electron chi connectivity index (χ1n) is 10.8. The van der Waals surface area contributed by atoms with Gasteiger partial charge in [0.15, 0.2) is 11.5 Å². The molecule has 1 fully saturated rings. The monoisotopic (exact) mass is 423 g/mol. The Hall–Kier alpha value is -3.22. The predicted octanol–water partition coefficient (Wildman–Crippen LogP) is 4.06. The van der Waals surface area contributed by atoms with E-state index in [1.54, 1.807) is 0 Å². The first-order chi connectivity index (χ1) is 15.1. The van der Waals surface area contributed by atoms with Crippen molar-refractivity contribution in [2.75, 3.05) is 25.2 Å². The number of hydrogen-bond acceptors (Lipinski definition) is 4. The molecule has 0 radical (unpaired) electrons. The van der Waals surface area contributed by atoms with Crippen molar-refractivity contribution < 1.29 is 19.1 Å². The number of aryl methyl sites for hydroxylation is 1. The Kier molecular flexibility index (Phi) is 6.60. The van der Waals surface area contributed by atoms with Crippen LogP contribution in [0.1, 0.15) is 36.8 Å².